The first-order chi connectivity index (χ1) is 7.26. The van der Waals surface area contributed by atoms with Gasteiger partial charge in [0.15, 0.2) is 0 Å². The summed E-state index contributed by atoms with van der Waals surface area (Å²) in [6.45, 7) is 13.0. The molecule has 0 N–H and O–H groups in total. The van der Waals surface area contributed by atoms with Gasteiger partial charge in [0.1, 0.15) is 0 Å². The summed E-state index contributed by atoms with van der Waals surface area (Å²) in [5.74, 6) is 0. The molecule has 0 bridgehead atoms. The number of hydrogen-bond acceptors (Lipinski definition) is 1. The Morgan fingerprint density at radius 2 is 1.47 bits per heavy atom. The van der Waals surface area contributed by atoms with Gasteiger partial charge in [0.25, 0.3) is 0 Å². The largest absolute Gasteiger partial charge is 0.193 e. The van der Waals surface area contributed by atoms with Gasteiger partial charge in [-0.2, -0.15) is 5.26 Å². The molecule has 0 saturated heterocycles. The first-order valence-corrected chi connectivity index (χ1v) is 4.24. The highest BCUT2D eigenvalue weighted by atomic mass is 14.2. The molecule has 1 aromatic carbocycles. The molecule has 76 valence electrons. The normalized spacial score (nSPS) is 6.07. The van der Waals surface area contributed by atoms with E-state index in [4.69, 9.17) is 5.26 Å². The van der Waals surface area contributed by atoms with Gasteiger partial charge in [0.2, 0.25) is 0 Å². The van der Waals surface area contributed by atoms with Gasteiger partial charge in [-0.3, -0.25) is 0 Å². The quantitative estimate of drug-likeness (QED) is 0.493. The van der Waals surface area contributed by atoms with Crippen LogP contribution in [0.2, 0.25) is 0 Å². The predicted octanol–water partition coefficient (Wildman–Crippen LogP) is 3.98. The zero-order valence-electron chi connectivity index (χ0n) is 8.82. The molecule has 0 aliphatic carbocycles. The zero-order valence-corrected chi connectivity index (χ0v) is 8.82. The van der Waals surface area contributed by atoms with E-state index in [0.29, 0.717) is 0 Å². The Balaban J connectivity index is 0. The van der Waals surface area contributed by atoms with E-state index < -0.39 is 0 Å². The number of benzene rings is 1. The standard InChI is InChI=1S/C8H8.C3H3N.C3H4/c1-2-8-6-4-3-5-7-8;1-2-3-4;1-3-2/h2-7H,1H2;2H,1H2;1-2H2. The van der Waals surface area contributed by atoms with Crippen molar-refractivity contribution in [3.05, 3.63) is 74.0 Å². The van der Waals surface area contributed by atoms with E-state index >= 15 is 0 Å². The molecular weight excluding hydrogens is 182 g/mol. The summed E-state index contributed by atoms with van der Waals surface area (Å²) in [6.07, 6.45) is 3.01. The Hall–Kier alpha value is -2.29. The SMILES string of the molecule is C=C=C.C=CC#N.C=Cc1ccccc1. The van der Waals surface area contributed by atoms with Crippen molar-refractivity contribution in [2.24, 2.45) is 0 Å². The van der Waals surface area contributed by atoms with Gasteiger partial charge in [0, 0.05) is 6.08 Å². The maximum Gasteiger partial charge on any atom is 0.0905 e. The van der Waals surface area contributed by atoms with Crippen molar-refractivity contribution in [1.82, 2.24) is 0 Å². The van der Waals surface area contributed by atoms with Gasteiger partial charge in [0.05, 0.1) is 6.07 Å². The average molecular weight is 197 g/mol. The van der Waals surface area contributed by atoms with Crippen molar-refractivity contribution in [2.75, 3.05) is 0 Å². The van der Waals surface area contributed by atoms with Crippen LogP contribution in [0.5, 0.6) is 0 Å². The van der Waals surface area contributed by atoms with E-state index in [2.05, 4.69) is 32.0 Å². The summed E-state index contributed by atoms with van der Waals surface area (Å²) in [5.41, 5.74) is 3.42. The highest BCUT2D eigenvalue weighted by Gasteiger charge is 1.75. The third-order valence-corrected chi connectivity index (χ3v) is 1.13. The molecule has 0 spiro atoms. The lowest BCUT2D eigenvalue weighted by molar-refractivity contribution is 1.54. The first-order valence-electron chi connectivity index (χ1n) is 4.24. The molecule has 0 saturated carbocycles. The van der Waals surface area contributed by atoms with Crippen molar-refractivity contribution in [1.29, 1.82) is 5.26 Å². The minimum atomic E-state index is 1.17. The van der Waals surface area contributed by atoms with E-state index in [9.17, 15) is 0 Å². The molecule has 0 aliphatic heterocycles. The fourth-order valence-corrected chi connectivity index (χ4v) is 0.589. The summed E-state index contributed by atoms with van der Waals surface area (Å²) in [4.78, 5) is 0. The molecule has 1 rings (SSSR count). The molecule has 0 unspecified atom stereocenters. The second-order valence-corrected chi connectivity index (χ2v) is 2.20. The third kappa shape index (κ3) is 14.6. The van der Waals surface area contributed by atoms with E-state index in [-0.39, 0.29) is 0 Å². The Bertz CT molecular complexity index is 335. The highest BCUT2D eigenvalue weighted by Crippen LogP contribution is 1.97. The molecule has 0 aromatic heterocycles. The molecule has 1 nitrogen and oxygen atoms in total. The molecule has 0 aliphatic rings. The number of nitriles is 1. The summed E-state index contributed by atoms with van der Waals surface area (Å²) in [5, 5.41) is 7.51. The van der Waals surface area contributed by atoms with E-state index in [1.807, 2.05) is 36.4 Å². The third-order valence-electron chi connectivity index (χ3n) is 1.13. The summed E-state index contributed by atoms with van der Waals surface area (Å²) >= 11 is 0. The summed E-state index contributed by atoms with van der Waals surface area (Å²) < 4.78 is 0. The number of nitrogens with zero attached hydrogens (tertiary/aromatic N) is 1. The molecule has 15 heavy (non-hydrogen) atoms. The second kappa shape index (κ2) is 14.2. The van der Waals surface area contributed by atoms with Crippen LogP contribution in [0.3, 0.4) is 0 Å². The van der Waals surface area contributed by atoms with Crippen molar-refractivity contribution in [3.63, 3.8) is 0 Å². The molecule has 0 fully saturated rings. The summed E-state index contributed by atoms with van der Waals surface area (Å²) in [7, 11) is 0. The maximum atomic E-state index is 7.51. The van der Waals surface area contributed by atoms with Gasteiger partial charge in [-0.1, -0.05) is 62.7 Å². The van der Waals surface area contributed by atoms with E-state index in [0.717, 1.165) is 0 Å². The van der Waals surface area contributed by atoms with Crippen molar-refractivity contribution in [2.45, 2.75) is 0 Å². The Kier molecular flexibility index (Phi) is 14.4. The molecule has 0 amide bonds. The lowest BCUT2D eigenvalue weighted by Crippen LogP contribution is -1.63. The Labute approximate surface area is 92.0 Å². The molecule has 0 heterocycles. The number of rotatable bonds is 1. The molecule has 1 heteroatoms. The van der Waals surface area contributed by atoms with Crippen LogP contribution in [0.15, 0.2) is 68.5 Å². The Morgan fingerprint density at radius 3 is 1.67 bits per heavy atom. The van der Waals surface area contributed by atoms with Crippen LogP contribution in [0, 0.1) is 11.3 Å². The van der Waals surface area contributed by atoms with Gasteiger partial charge < -0.3 is 0 Å². The fraction of sp³-hybridized carbons (Fsp3) is 0. The van der Waals surface area contributed by atoms with Crippen LogP contribution in [0.1, 0.15) is 5.56 Å². The number of allylic oxidation sites excluding steroid dienone is 1. The minimum Gasteiger partial charge on any atom is -0.193 e. The van der Waals surface area contributed by atoms with Gasteiger partial charge in [-0.15, -0.1) is 5.73 Å². The fourth-order valence-electron chi connectivity index (χ4n) is 0.589. The van der Waals surface area contributed by atoms with Crippen LogP contribution in [0.25, 0.3) is 6.08 Å². The monoisotopic (exact) mass is 197 g/mol. The van der Waals surface area contributed by atoms with Gasteiger partial charge in [-0.05, 0) is 5.56 Å². The lowest BCUT2D eigenvalue weighted by atomic mass is 10.2. The lowest BCUT2D eigenvalue weighted by Gasteiger charge is -1.85. The smallest absolute Gasteiger partial charge is 0.0905 e. The highest BCUT2D eigenvalue weighted by molar-refractivity contribution is 5.45. The summed E-state index contributed by atoms with van der Waals surface area (Å²) in [6, 6.07) is 11.7. The molecule has 1 aromatic rings. The van der Waals surface area contributed by atoms with Crippen LogP contribution < -0.4 is 0 Å². The van der Waals surface area contributed by atoms with E-state index in [1.54, 1.807) is 6.07 Å². The molecular formula is C14H15N. The predicted molar refractivity (Wildman–Crippen MR) is 67.1 cm³/mol. The van der Waals surface area contributed by atoms with Crippen molar-refractivity contribution < 1.29 is 0 Å². The molecule has 0 radical (unpaired) electrons. The zero-order chi connectivity index (χ0) is 11.9. The van der Waals surface area contributed by atoms with Crippen LogP contribution in [-0.2, 0) is 0 Å². The van der Waals surface area contributed by atoms with Gasteiger partial charge in [-0.25, -0.2) is 0 Å². The van der Waals surface area contributed by atoms with Crippen LogP contribution in [-0.4, -0.2) is 0 Å². The molecule has 0 atom stereocenters. The maximum absolute atomic E-state index is 7.51. The van der Waals surface area contributed by atoms with E-state index in [1.165, 1.54) is 11.6 Å². The van der Waals surface area contributed by atoms with Crippen LogP contribution >= 0.6 is 0 Å². The van der Waals surface area contributed by atoms with Crippen LogP contribution in [0.4, 0.5) is 0 Å². The average Bonchev–Trinajstić information content (AvgIpc) is 2.31. The van der Waals surface area contributed by atoms with Crippen molar-refractivity contribution in [3.8, 4) is 6.07 Å². The number of hydrogen-bond donors (Lipinski definition) is 0. The van der Waals surface area contributed by atoms with Gasteiger partial charge >= 0.3 is 0 Å². The van der Waals surface area contributed by atoms with Crippen molar-refractivity contribution >= 4 is 6.08 Å². The Morgan fingerprint density at radius 1 is 1.07 bits per heavy atom. The second-order valence-electron chi connectivity index (χ2n) is 2.20. The first kappa shape index (κ1) is 15.2. The topological polar surface area (TPSA) is 23.8 Å². The minimum absolute atomic E-state index is 1.17.